The Morgan fingerprint density at radius 3 is 2.67 bits per heavy atom. The quantitative estimate of drug-likeness (QED) is 0.720. The highest BCUT2D eigenvalue weighted by Crippen LogP contribution is 2.14. The zero-order valence-electron chi connectivity index (χ0n) is 12.0. The van der Waals surface area contributed by atoms with Crippen molar-refractivity contribution in [2.24, 2.45) is 5.92 Å². The standard InChI is InChI=1S/C14H25N3O/c1-5-12-16-13(15-6-2)10-14(17-12)18-9-7-8-11(3)4/h10-11H,5-9H2,1-4H3,(H,15,16,17). The minimum Gasteiger partial charge on any atom is -0.478 e. The summed E-state index contributed by atoms with van der Waals surface area (Å²) in [5, 5.41) is 3.20. The lowest BCUT2D eigenvalue weighted by Crippen LogP contribution is -2.07. The second kappa shape index (κ2) is 7.90. The first-order chi connectivity index (χ1) is 8.65. The summed E-state index contributed by atoms with van der Waals surface area (Å²) in [6.45, 7) is 10.1. The summed E-state index contributed by atoms with van der Waals surface area (Å²) in [4.78, 5) is 8.77. The molecule has 1 rings (SSSR count). The number of aromatic nitrogens is 2. The van der Waals surface area contributed by atoms with Crippen LogP contribution in [0.2, 0.25) is 0 Å². The van der Waals surface area contributed by atoms with E-state index in [-0.39, 0.29) is 0 Å². The molecule has 0 unspecified atom stereocenters. The summed E-state index contributed by atoms with van der Waals surface area (Å²) in [6, 6.07) is 1.87. The molecule has 4 nitrogen and oxygen atoms in total. The van der Waals surface area contributed by atoms with Gasteiger partial charge in [-0.25, -0.2) is 4.98 Å². The molecule has 0 atom stereocenters. The SMILES string of the molecule is CCNc1cc(OCCCC(C)C)nc(CC)n1. The molecule has 0 radical (unpaired) electrons. The third-order valence-electron chi connectivity index (χ3n) is 2.60. The Hall–Kier alpha value is -1.32. The van der Waals surface area contributed by atoms with Crippen molar-refractivity contribution < 1.29 is 4.74 Å². The van der Waals surface area contributed by atoms with Gasteiger partial charge in [-0.1, -0.05) is 20.8 Å². The molecule has 0 amide bonds. The van der Waals surface area contributed by atoms with Crippen LogP contribution in [0.25, 0.3) is 0 Å². The monoisotopic (exact) mass is 251 g/mol. The van der Waals surface area contributed by atoms with E-state index >= 15 is 0 Å². The highest BCUT2D eigenvalue weighted by molar-refractivity contribution is 5.38. The molecule has 0 bridgehead atoms. The molecule has 1 aromatic rings. The molecule has 0 aliphatic rings. The topological polar surface area (TPSA) is 47.0 Å². The van der Waals surface area contributed by atoms with E-state index in [9.17, 15) is 0 Å². The number of nitrogens with one attached hydrogen (secondary N) is 1. The van der Waals surface area contributed by atoms with Gasteiger partial charge in [-0.15, -0.1) is 0 Å². The van der Waals surface area contributed by atoms with Crippen LogP contribution in [0.3, 0.4) is 0 Å². The molecule has 0 spiro atoms. The Balaban J connectivity index is 2.55. The number of hydrogen-bond acceptors (Lipinski definition) is 4. The summed E-state index contributed by atoms with van der Waals surface area (Å²) >= 11 is 0. The molecule has 102 valence electrons. The molecule has 1 N–H and O–H groups in total. The zero-order valence-corrected chi connectivity index (χ0v) is 12.0. The van der Waals surface area contributed by atoms with E-state index in [2.05, 4.69) is 36.1 Å². The fourth-order valence-electron chi connectivity index (χ4n) is 1.64. The van der Waals surface area contributed by atoms with Crippen molar-refractivity contribution in [3.05, 3.63) is 11.9 Å². The Morgan fingerprint density at radius 1 is 1.28 bits per heavy atom. The van der Waals surface area contributed by atoms with E-state index in [0.717, 1.165) is 43.6 Å². The van der Waals surface area contributed by atoms with Gasteiger partial charge in [-0.3, -0.25) is 0 Å². The van der Waals surface area contributed by atoms with Gasteiger partial charge in [-0.2, -0.15) is 4.98 Å². The lowest BCUT2D eigenvalue weighted by molar-refractivity contribution is 0.286. The van der Waals surface area contributed by atoms with E-state index < -0.39 is 0 Å². The maximum atomic E-state index is 5.69. The fraction of sp³-hybridized carbons (Fsp3) is 0.714. The smallest absolute Gasteiger partial charge is 0.218 e. The normalized spacial score (nSPS) is 10.7. The predicted molar refractivity (Wildman–Crippen MR) is 75.1 cm³/mol. The van der Waals surface area contributed by atoms with Crippen LogP contribution in [0.15, 0.2) is 6.07 Å². The molecule has 0 aromatic carbocycles. The molecule has 0 saturated carbocycles. The van der Waals surface area contributed by atoms with Crippen LogP contribution in [-0.2, 0) is 6.42 Å². The molecule has 4 heteroatoms. The summed E-state index contributed by atoms with van der Waals surface area (Å²) < 4.78 is 5.69. The molecular weight excluding hydrogens is 226 g/mol. The Bertz CT molecular complexity index is 353. The first-order valence-corrected chi connectivity index (χ1v) is 6.90. The van der Waals surface area contributed by atoms with Crippen LogP contribution in [-0.4, -0.2) is 23.1 Å². The third kappa shape index (κ3) is 5.34. The van der Waals surface area contributed by atoms with Gasteiger partial charge in [0.05, 0.1) is 6.61 Å². The summed E-state index contributed by atoms with van der Waals surface area (Å²) in [5.74, 6) is 3.08. The molecule has 0 saturated heterocycles. The summed E-state index contributed by atoms with van der Waals surface area (Å²) in [7, 11) is 0. The molecule has 0 fully saturated rings. The van der Waals surface area contributed by atoms with Crippen LogP contribution in [0, 0.1) is 5.92 Å². The Kier molecular flexibility index (Phi) is 6.47. The predicted octanol–water partition coefficient (Wildman–Crippen LogP) is 3.29. The Labute approximate surface area is 110 Å². The second-order valence-electron chi connectivity index (χ2n) is 4.78. The van der Waals surface area contributed by atoms with Gasteiger partial charge in [-0.05, 0) is 25.7 Å². The van der Waals surface area contributed by atoms with Crippen molar-refractivity contribution in [3.63, 3.8) is 0 Å². The fourth-order valence-corrected chi connectivity index (χ4v) is 1.64. The van der Waals surface area contributed by atoms with Crippen molar-refractivity contribution in [1.82, 2.24) is 9.97 Å². The van der Waals surface area contributed by atoms with Crippen LogP contribution < -0.4 is 10.1 Å². The average Bonchev–Trinajstić information content (AvgIpc) is 2.34. The number of nitrogens with zero attached hydrogens (tertiary/aromatic N) is 2. The molecular formula is C14H25N3O. The van der Waals surface area contributed by atoms with Crippen molar-refractivity contribution in [2.45, 2.75) is 47.0 Å². The molecule has 1 aromatic heterocycles. The number of rotatable bonds is 8. The molecule has 0 aliphatic carbocycles. The highest BCUT2D eigenvalue weighted by Gasteiger charge is 2.04. The van der Waals surface area contributed by atoms with Gasteiger partial charge in [0.15, 0.2) is 0 Å². The average molecular weight is 251 g/mol. The van der Waals surface area contributed by atoms with E-state index in [1.165, 1.54) is 6.42 Å². The van der Waals surface area contributed by atoms with Crippen LogP contribution in [0.1, 0.15) is 46.4 Å². The van der Waals surface area contributed by atoms with Crippen LogP contribution >= 0.6 is 0 Å². The maximum Gasteiger partial charge on any atom is 0.218 e. The highest BCUT2D eigenvalue weighted by atomic mass is 16.5. The number of hydrogen-bond donors (Lipinski definition) is 1. The van der Waals surface area contributed by atoms with Gasteiger partial charge in [0, 0.05) is 19.0 Å². The molecule has 0 aliphatic heterocycles. The second-order valence-corrected chi connectivity index (χ2v) is 4.78. The van der Waals surface area contributed by atoms with Gasteiger partial charge in [0.1, 0.15) is 11.6 Å². The van der Waals surface area contributed by atoms with Gasteiger partial charge in [0.2, 0.25) is 5.88 Å². The number of ether oxygens (including phenoxy) is 1. The third-order valence-corrected chi connectivity index (χ3v) is 2.60. The minimum absolute atomic E-state index is 0.682. The maximum absolute atomic E-state index is 5.69. The Morgan fingerprint density at radius 2 is 2.06 bits per heavy atom. The number of aryl methyl sites for hydroxylation is 1. The van der Waals surface area contributed by atoms with E-state index in [1.807, 2.05) is 13.0 Å². The molecule has 1 heterocycles. The van der Waals surface area contributed by atoms with Crippen molar-refractivity contribution in [1.29, 1.82) is 0 Å². The number of anilines is 1. The molecule has 18 heavy (non-hydrogen) atoms. The minimum atomic E-state index is 0.682. The zero-order chi connectivity index (χ0) is 13.4. The first kappa shape index (κ1) is 14.7. The van der Waals surface area contributed by atoms with E-state index in [1.54, 1.807) is 0 Å². The van der Waals surface area contributed by atoms with E-state index in [4.69, 9.17) is 4.74 Å². The van der Waals surface area contributed by atoms with Gasteiger partial charge < -0.3 is 10.1 Å². The van der Waals surface area contributed by atoms with E-state index in [0.29, 0.717) is 5.88 Å². The lowest BCUT2D eigenvalue weighted by Gasteiger charge is -2.10. The van der Waals surface area contributed by atoms with Crippen molar-refractivity contribution >= 4 is 5.82 Å². The first-order valence-electron chi connectivity index (χ1n) is 6.90. The lowest BCUT2D eigenvalue weighted by atomic mass is 10.1. The van der Waals surface area contributed by atoms with Gasteiger partial charge in [0.25, 0.3) is 0 Å². The van der Waals surface area contributed by atoms with Crippen molar-refractivity contribution in [3.8, 4) is 5.88 Å². The van der Waals surface area contributed by atoms with Crippen LogP contribution in [0.5, 0.6) is 5.88 Å². The summed E-state index contributed by atoms with van der Waals surface area (Å²) in [6.07, 6.45) is 3.08. The van der Waals surface area contributed by atoms with Gasteiger partial charge >= 0.3 is 0 Å². The summed E-state index contributed by atoms with van der Waals surface area (Å²) in [5.41, 5.74) is 0. The van der Waals surface area contributed by atoms with Crippen molar-refractivity contribution in [2.75, 3.05) is 18.5 Å². The largest absolute Gasteiger partial charge is 0.478 e. The van der Waals surface area contributed by atoms with Crippen LogP contribution in [0.4, 0.5) is 5.82 Å².